The van der Waals surface area contributed by atoms with E-state index in [4.69, 9.17) is 11.6 Å². The molecule has 1 aromatic heterocycles. The van der Waals surface area contributed by atoms with Crippen molar-refractivity contribution in [1.82, 2.24) is 4.98 Å². The molecule has 0 saturated carbocycles. The molecule has 2 N–H and O–H groups in total. The van der Waals surface area contributed by atoms with Gasteiger partial charge in [0.15, 0.2) is 0 Å². The average Bonchev–Trinajstić information content (AvgIpc) is 2.62. The molecule has 0 aliphatic carbocycles. The SMILES string of the molecule is O=C(O)c1cccnc1Nc1ccc(/C=C/c2ccccc2Cl)cc1. The van der Waals surface area contributed by atoms with Gasteiger partial charge in [-0.15, -0.1) is 0 Å². The fourth-order valence-corrected chi connectivity index (χ4v) is 2.49. The lowest BCUT2D eigenvalue weighted by atomic mass is 10.1. The Morgan fingerprint density at radius 2 is 1.76 bits per heavy atom. The van der Waals surface area contributed by atoms with Gasteiger partial charge in [0.2, 0.25) is 0 Å². The molecule has 0 unspecified atom stereocenters. The molecule has 1 heterocycles. The van der Waals surface area contributed by atoms with E-state index in [9.17, 15) is 9.90 Å². The number of nitrogens with zero attached hydrogens (tertiary/aromatic N) is 1. The van der Waals surface area contributed by atoms with E-state index >= 15 is 0 Å². The van der Waals surface area contributed by atoms with Crippen LogP contribution in [-0.4, -0.2) is 16.1 Å². The van der Waals surface area contributed by atoms with Crippen molar-refractivity contribution >= 4 is 41.2 Å². The second kappa shape index (κ2) is 7.64. The first-order valence-corrected chi connectivity index (χ1v) is 7.99. The normalized spacial score (nSPS) is 10.8. The Hall–Kier alpha value is -3.11. The minimum Gasteiger partial charge on any atom is -0.478 e. The lowest BCUT2D eigenvalue weighted by molar-refractivity contribution is 0.0697. The summed E-state index contributed by atoms with van der Waals surface area (Å²) in [5.41, 5.74) is 2.84. The van der Waals surface area contributed by atoms with Crippen molar-refractivity contribution in [1.29, 1.82) is 0 Å². The van der Waals surface area contributed by atoms with Gasteiger partial charge in [0.05, 0.1) is 0 Å². The zero-order valence-electron chi connectivity index (χ0n) is 13.2. The van der Waals surface area contributed by atoms with Crippen molar-refractivity contribution in [2.75, 3.05) is 5.32 Å². The number of aromatic carboxylic acids is 1. The Labute approximate surface area is 150 Å². The summed E-state index contributed by atoms with van der Waals surface area (Å²) in [7, 11) is 0. The summed E-state index contributed by atoms with van der Waals surface area (Å²) < 4.78 is 0. The molecule has 5 heteroatoms. The largest absolute Gasteiger partial charge is 0.478 e. The fraction of sp³-hybridized carbons (Fsp3) is 0. The van der Waals surface area contributed by atoms with E-state index < -0.39 is 5.97 Å². The van der Waals surface area contributed by atoms with Gasteiger partial charge in [0.25, 0.3) is 0 Å². The van der Waals surface area contributed by atoms with Crippen LogP contribution in [0.25, 0.3) is 12.2 Å². The highest BCUT2D eigenvalue weighted by atomic mass is 35.5. The summed E-state index contributed by atoms with van der Waals surface area (Å²) in [6.45, 7) is 0. The van der Waals surface area contributed by atoms with Crippen LogP contribution in [0.15, 0.2) is 66.9 Å². The first-order valence-electron chi connectivity index (χ1n) is 7.61. The van der Waals surface area contributed by atoms with Crippen molar-refractivity contribution in [2.45, 2.75) is 0 Å². The zero-order chi connectivity index (χ0) is 17.6. The first-order chi connectivity index (χ1) is 12.1. The number of carboxylic acid groups (broad SMARTS) is 1. The molecule has 4 nitrogen and oxygen atoms in total. The van der Waals surface area contributed by atoms with E-state index in [1.807, 2.05) is 60.7 Å². The van der Waals surface area contributed by atoms with Crippen molar-refractivity contribution in [3.05, 3.63) is 88.6 Å². The summed E-state index contributed by atoms with van der Waals surface area (Å²) in [6, 6.07) is 18.3. The molecule has 0 spiro atoms. The Bertz CT molecular complexity index is 921. The molecule has 0 fully saturated rings. The number of rotatable bonds is 5. The van der Waals surface area contributed by atoms with E-state index in [1.54, 1.807) is 12.3 Å². The lowest BCUT2D eigenvalue weighted by Gasteiger charge is -2.08. The summed E-state index contributed by atoms with van der Waals surface area (Å²) in [6.07, 6.45) is 5.47. The third-order valence-corrected chi connectivity index (χ3v) is 3.92. The van der Waals surface area contributed by atoms with E-state index in [-0.39, 0.29) is 5.56 Å². The maximum Gasteiger partial charge on any atom is 0.339 e. The third-order valence-electron chi connectivity index (χ3n) is 3.57. The van der Waals surface area contributed by atoms with E-state index in [2.05, 4.69) is 10.3 Å². The van der Waals surface area contributed by atoms with Crippen LogP contribution >= 0.6 is 11.6 Å². The molecule has 3 aromatic rings. The van der Waals surface area contributed by atoms with Crippen molar-refractivity contribution in [3.63, 3.8) is 0 Å². The van der Waals surface area contributed by atoms with Gasteiger partial charge in [-0.2, -0.15) is 0 Å². The quantitative estimate of drug-likeness (QED) is 0.609. The van der Waals surface area contributed by atoms with Gasteiger partial charge in [0.1, 0.15) is 11.4 Å². The van der Waals surface area contributed by atoms with Crippen molar-refractivity contribution < 1.29 is 9.90 Å². The van der Waals surface area contributed by atoms with Gasteiger partial charge >= 0.3 is 5.97 Å². The Morgan fingerprint density at radius 1 is 1.00 bits per heavy atom. The van der Waals surface area contributed by atoms with Crippen LogP contribution < -0.4 is 5.32 Å². The maximum atomic E-state index is 11.2. The van der Waals surface area contributed by atoms with Crippen LogP contribution in [-0.2, 0) is 0 Å². The Balaban J connectivity index is 1.75. The van der Waals surface area contributed by atoms with Gasteiger partial charge in [-0.25, -0.2) is 9.78 Å². The van der Waals surface area contributed by atoms with Crippen LogP contribution in [0.5, 0.6) is 0 Å². The predicted molar refractivity (Wildman–Crippen MR) is 101 cm³/mol. The molecule has 3 rings (SSSR count). The molecule has 0 amide bonds. The number of pyridine rings is 1. The number of hydrogen-bond acceptors (Lipinski definition) is 3. The van der Waals surface area contributed by atoms with Crippen LogP contribution in [0.3, 0.4) is 0 Å². The van der Waals surface area contributed by atoms with E-state index in [0.29, 0.717) is 10.8 Å². The topological polar surface area (TPSA) is 62.2 Å². The predicted octanol–water partition coefficient (Wildman–Crippen LogP) is 5.35. The van der Waals surface area contributed by atoms with Crippen molar-refractivity contribution in [2.24, 2.45) is 0 Å². The number of anilines is 2. The van der Waals surface area contributed by atoms with Crippen LogP contribution in [0.1, 0.15) is 21.5 Å². The molecular weight excluding hydrogens is 336 g/mol. The number of benzene rings is 2. The maximum absolute atomic E-state index is 11.2. The van der Waals surface area contributed by atoms with Gasteiger partial charge < -0.3 is 10.4 Å². The Kier molecular flexibility index (Phi) is 5.11. The van der Waals surface area contributed by atoms with Crippen LogP contribution in [0.2, 0.25) is 5.02 Å². The monoisotopic (exact) mass is 350 g/mol. The molecule has 0 atom stereocenters. The molecule has 0 aliphatic heterocycles. The van der Waals surface area contributed by atoms with E-state index in [1.165, 1.54) is 6.07 Å². The molecule has 0 aliphatic rings. The molecule has 0 saturated heterocycles. The van der Waals surface area contributed by atoms with Gasteiger partial charge in [0, 0.05) is 16.9 Å². The zero-order valence-corrected chi connectivity index (χ0v) is 13.9. The lowest BCUT2D eigenvalue weighted by Crippen LogP contribution is -2.04. The average molecular weight is 351 g/mol. The minimum atomic E-state index is -1.02. The number of carboxylic acids is 1. The molecular formula is C20H15ClN2O2. The molecule has 124 valence electrons. The first kappa shape index (κ1) is 16.7. The number of aromatic nitrogens is 1. The highest BCUT2D eigenvalue weighted by molar-refractivity contribution is 6.32. The van der Waals surface area contributed by atoms with Crippen LogP contribution in [0, 0.1) is 0 Å². The van der Waals surface area contributed by atoms with Crippen molar-refractivity contribution in [3.8, 4) is 0 Å². The molecule has 0 radical (unpaired) electrons. The molecule has 0 bridgehead atoms. The summed E-state index contributed by atoms with van der Waals surface area (Å²) in [5.74, 6) is -0.704. The second-order valence-electron chi connectivity index (χ2n) is 5.31. The minimum absolute atomic E-state index is 0.130. The summed E-state index contributed by atoms with van der Waals surface area (Å²) in [4.78, 5) is 15.3. The number of hydrogen-bond donors (Lipinski definition) is 2. The highest BCUT2D eigenvalue weighted by Gasteiger charge is 2.10. The standard InChI is InChI=1S/C20H15ClN2O2/c21-18-6-2-1-4-15(18)10-7-14-8-11-16(12-9-14)23-19-17(20(24)25)5-3-13-22-19/h1-13H,(H,22,23)(H,24,25)/b10-7+. The van der Waals surface area contributed by atoms with Crippen LogP contribution in [0.4, 0.5) is 11.5 Å². The van der Waals surface area contributed by atoms with Gasteiger partial charge in [-0.3, -0.25) is 0 Å². The molecule has 25 heavy (non-hydrogen) atoms. The van der Waals surface area contributed by atoms with Gasteiger partial charge in [-0.1, -0.05) is 54.1 Å². The van der Waals surface area contributed by atoms with E-state index in [0.717, 1.165) is 16.8 Å². The Morgan fingerprint density at radius 3 is 2.48 bits per heavy atom. The van der Waals surface area contributed by atoms with Gasteiger partial charge in [-0.05, 0) is 41.5 Å². The smallest absolute Gasteiger partial charge is 0.339 e. The number of nitrogens with one attached hydrogen (secondary N) is 1. The molecule has 2 aromatic carbocycles. The highest BCUT2D eigenvalue weighted by Crippen LogP contribution is 2.21. The fourth-order valence-electron chi connectivity index (χ4n) is 2.29. The third kappa shape index (κ3) is 4.25. The number of carbonyl (C=O) groups is 1. The summed E-state index contributed by atoms with van der Waals surface area (Å²) >= 11 is 6.13. The summed E-state index contributed by atoms with van der Waals surface area (Å²) in [5, 5.41) is 12.9. The number of halogens is 1. The second-order valence-corrected chi connectivity index (χ2v) is 5.71.